The molecule has 2 atom stereocenters. The number of rotatable bonds is 9. The van der Waals surface area contributed by atoms with Crippen LogP contribution in [0.5, 0.6) is 0 Å². The van der Waals surface area contributed by atoms with Crippen LogP contribution in [0, 0.1) is 11.8 Å². The Labute approximate surface area is 156 Å². The van der Waals surface area contributed by atoms with Crippen molar-refractivity contribution in [3.63, 3.8) is 0 Å². The first-order chi connectivity index (χ1) is 11.3. The van der Waals surface area contributed by atoms with Crippen molar-refractivity contribution in [1.82, 2.24) is 0 Å². The Morgan fingerprint density at radius 2 is 1.96 bits per heavy atom. The van der Waals surface area contributed by atoms with Gasteiger partial charge in [-0.1, -0.05) is 61.0 Å². The van der Waals surface area contributed by atoms with Gasteiger partial charge in [-0.05, 0) is 62.7 Å². The van der Waals surface area contributed by atoms with Crippen LogP contribution in [0.4, 0.5) is 0 Å². The van der Waals surface area contributed by atoms with E-state index in [0.717, 1.165) is 36.8 Å². The van der Waals surface area contributed by atoms with Crippen LogP contribution in [0.2, 0.25) is 0 Å². The van der Waals surface area contributed by atoms with Gasteiger partial charge in [0.2, 0.25) is 0 Å². The molecule has 0 aromatic carbocycles. The van der Waals surface area contributed by atoms with Crippen molar-refractivity contribution in [3.05, 3.63) is 58.7 Å². The van der Waals surface area contributed by atoms with Crippen LogP contribution in [-0.4, -0.2) is 5.78 Å². The minimum absolute atomic E-state index is 0.144. The van der Waals surface area contributed by atoms with Gasteiger partial charge in [-0.25, -0.2) is 0 Å². The number of hydrogen-bond donors (Lipinski definition) is 0. The molecule has 1 saturated carbocycles. The minimum atomic E-state index is 0.144. The molecule has 0 spiro atoms. The molecule has 24 heavy (non-hydrogen) atoms. The lowest BCUT2D eigenvalue weighted by Crippen LogP contribution is -2.14. The molecule has 0 aliphatic heterocycles. The second-order valence-corrected chi connectivity index (χ2v) is 7.60. The van der Waals surface area contributed by atoms with E-state index >= 15 is 0 Å². The van der Waals surface area contributed by atoms with E-state index in [-0.39, 0.29) is 5.92 Å². The molecule has 0 amide bonds. The van der Waals surface area contributed by atoms with Crippen LogP contribution in [0.15, 0.2) is 58.7 Å². The van der Waals surface area contributed by atoms with Gasteiger partial charge in [0.25, 0.3) is 0 Å². The standard InChI is InChI=1S/C21H28Cl2O/c1-5-6-7-8-20-19(9-10-21(20)24)12-15(2)11-18(13-16(3)22)14-17(4)23/h6-7,13-14,19-20H,2-3,5,8-12H2,1,4H3/b7-6-,17-14+,18-13-/t19-,20-/m1/s1. The van der Waals surface area contributed by atoms with E-state index in [1.54, 1.807) is 0 Å². The molecule has 0 N–H and O–H groups in total. The van der Waals surface area contributed by atoms with Crippen LogP contribution >= 0.6 is 23.2 Å². The molecule has 1 aliphatic rings. The van der Waals surface area contributed by atoms with E-state index in [0.29, 0.717) is 34.6 Å². The smallest absolute Gasteiger partial charge is 0.136 e. The number of halogens is 2. The number of carbonyl (C=O) groups excluding carboxylic acids is 1. The second-order valence-electron chi connectivity index (χ2n) is 6.52. The fourth-order valence-electron chi connectivity index (χ4n) is 3.29. The molecule has 1 aliphatic carbocycles. The van der Waals surface area contributed by atoms with Gasteiger partial charge in [-0.15, -0.1) is 0 Å². The summed E-state index contributed by atoms with van der Waals surface area (Å²) in [6, 6.07) is 0. The maximum Gasteiger partial charge on any atom is 0.136 e. The fraction of sp³-hybridized carbons (Fsp3) is 0.476. The summed E-state index contributed by atoms with van der Waals surface area (Å²) in [5.41, 5.74) is 2.11. The van der Waals surface area contributed by atoms with Gasteiger partial charge in [0.05, 0.1) is 0 Å². The SMILES string of the molecule is C=C(Cl)/C=C(\C=C(/C)Cl)CC(=C)C[C@H]1CCC(=O)[C@@H]1C/C=C\CC. The predicted octanol–water partition coefficient (Wildman–Crippen LogP) is 7.10. The van der Waals surface area contributed by atoms with Crippen molar-refractivity contribution < 1.29 is 4.79 Å². The zero-order valence-electron chi connectivity index (χ0n) is 14.8. The number of allylic oxidation sites excluding steroid dienone is 8. The molecule has 0 aromatic rings. The third-order valence-electron chi connectivity index (χ3n) is 4.27. The van der Waals surface area contributed by atoms with Gasteiger partial charge in [0.1, 0.15) is 5.78 Å². The van der Waals surface area contributed by atoms with Crippen molar-refractivity contribution >= 4 is 29.0 Å². The largest absolute Gasteiger partial charge is 0.299 e. The van der Waals surface area contributed by atoms with Gasteiger partial charge in [-0.3, -0.25) is 4.79 Å². The van der Waals surface area contributed by atoms with E-state index in [4.69, 9.17) is 23.2 Å². The van der Waals surface area contributed by atoms with Gasteiger partial charge in [0, 0.05) is 22.4 Å². The molecule has 1 fully saturated rings. The highest BCUT2D eigenvalue weighted by Gasteiger charge is 2.33. The monoisotopic (exact) mass is 366 g/mol. The second kappa shape index (κ2) is 10.7. The van der Waals surface area contributed by atoms with Crippen LogP contribution in [0.1, 0.15) is 52.4 Å². The predicted molar refractivity (Wildman–Crippen MR) is 106 cm³/mol. The van der Waals surface area contributed by atoms with Gasteiger partial charge < -0.3 is 0 Å². The van der Waals surface area contributed by atoms with Gasteiger partial charge in [-0.2, -0.15) is 0 Å². The highest BCUT2D eigenvalue weighted by Crippen LogP contribution is 2.37. The Bertz CT molecular complexity index is 562. The molecule has 0 heterocycles. The van der Waals surface area contributed by atoms with Crippen molar-refractivity contribution in [2.45, 2.75) is 52.4 Å². The Kier molecular flexibility index (Phi) is 9.39. The first-order valence-electron chi connectivity index (χ1n) is 8.56. The van der Waals surface area contributed by atoms with Gasteiger partial charge >= 0.3 is 0 Å². The summed E-state index contributed by atoms with van der Waals surface area (Å²) in [4.78, 5) is 12.1. The first kappa shape index (κ1) is 21.0. The van der Waals surface area contributed by atoms with E-state index in [9.17, 15) is 4.79 Å². The molecule has 1 nitrogen and oxygen atoms in total. The molecule has 1 rings (SSSR count). The van der Waals surface area contributed by atoms with Crippen LogP contribution in [-0.2, 0) is 4.79 Å². The summed E-state index contributed by atoms with van der Waals surface area (Å²) in [6.45, 7) is 11.9. The Balaban J connectivity index is 2.71. The Morgan fingerprint density at radius 1 is 1.25 bits per heavy atom. The molecular formula is C21H28Cl2O. The summed E-state index contributed by atoms with van der Waals surface area (Å²) in [6.07, 6.45) is 13.1. The lowest BCUT2D eigenvalue weighted by atomic mass is 9.85. The molecule has 132 valence electrons. The minimum Gasteiger partial charge on any atom is -0.299 e. The van der Waals surface area contributed by atoms with E-state index in [1.165, 1.54) is 0 Å². The topological polar surface area (TPSA) is 17.1 Å². The molecule has 0 radical (unpaired) electrons. The van der Waals surface area contributed by atoms with E-state index in [1.807, 2.05) is 19.1 Å². The molecule has 0 unspecified atom stereocenters. The molecule has 3 heteroatoms. The number of Topliss-reactive ketones (excluding diaryl/α,β-unsaturated/α-hetero) is 1. The van der Waals surface area contributed by atoms with E-state index in [2.05, 4.69) is 32.2 Å². The van der Waals surface area contributed by atoms with Crippen molar-refractivity contribution in [3.8, 4) is 0 Å². The van der Waals surface area contributed by atoms with Crippen molar-refractivity contribution in [2.75, 3.05) is 0 Å². The average molecular weight is 367 g/mol. The molecule has 0 bridgehead atoms. The van der Waals surface area contributed by atoms with Crippen molar-refractivity contribution in [1.29, 1.82) is 0 Å². The Hall–Kier alpha value is -1.05. The zero-order valence-corrected chi connectivity index (χ0v) is 16.3. The molecular weight excluding hydrogens is 339 g/mol. The fourth-order valence-corrected chi connectivity index (χ4v) is 3.57. The highest BCUT2D eigenvalue weighted by atomic mass is 35.5. The first-order valence-corrected chi connectivity index (χ1v) is 9.32. The van der Waals surface area contributed by atoms with Crippen LogP contribution in [0.25, 0.3) is 0 Å². The normalized spacial score (nSPS) is 22.4. The Morgan fingerprint density at radius 3 is 2.54 bits per heavy atom. The quantitative estimate of drug-likeness (QED) is 0.314. The number of ketones is 1. The molecule has 0 aromatic heterocycles. The summed E-state index contributed by atoms with van der Waals surface area (Å²) in [5, 5.41) is 1.18. The van der Waals surface area contributed by atoms with Crippen LogP contribution in [0.3, 0.4) is 0 Å². The zero-order chi connectivity index (χ0) is 18.1. The molecule has 0 saturated heterocycles. The maximum atomic E-state index is 12.1. The lowest BCUT2D eigenvalue weighted by Gasteiger charge is -2.18. The van der Waals surface area contributed by atoms with Crippen LogP contribution < -0.4 is 0 Å². The van der Waals surface area contributed by atoms with Crippen molar-refractivity contribution in [2.24, 2.45) is 11.8 Å². The maximum absolute atomic E-state index is 12.1. The third kappa shape index (κ3) is 7.68. The summed E-state index contributed by atoms with van der Waals surface area (Å²) in [5.74, 6) is 0.938. The van der Waals surface area contributed by atoms with E-state index < -0.39 is 0 Å². The number of hydrogen-bond acceptors (Lipinski definition) is 1. The lowest BCUT2D eigenvalue weighted by molar-refractivity contribution is -0.121. The average Bonchev–Trinajstić information content (AvgIpc) is 2.78. The highest BCUT2D eigenvalue weighted by molar-refractivity contribution is 6.31. The summed E-state index contributed by atoms with van der Waals surface area (Å²) >= 11 is 11.9. The number of carbonyl (C=O) groups is 1. The third-order valence-corrected chi connectivity index (χ3v) is 4.49. The van der Waals surface area contributed by atoms with Gasteiger partial charge in [0.15, 0.2) is 0 Å². The summed E-state index contributed by atoms with van der Waals surface area (Å²) < 4.78 is 0. The summed E-state index contributed by atoms with van der Waals surface area (Å²) in [7, 11) is 0.